The first-order valence-corrected chi connectivity index (χ1v) is 11.2. The quantitative estimate of drug-likeness (QED) is 0.705. The van der Waals surface area contributed by atoms with E-state index in [1.54, 1.807) is 0 Å². The van der Waals surface area contributed by atoms with Gasteiger partial charge in [0, 0.05) is 56.6 Å². The van der Waals surface area contributed by atoms with Crippen LogP contribution in [0.15, 0.2) is 66.7 Å². The number of benzene rings is 3. The van der Waals surface area contributed by atoms with Gasteiger partial charge in [0.15, 0.2) is 0 Å². The van der Waals surface area contributed by atoms with Gasteiger partial charge in [-0.2, -0.15) is 0 Å². The molecule has 0 radical (unpaired) electrons. The van der Waals surface area contributed by atoms with E-state index >= 15 is 0 Å². The molecule has 0 amide bonds. The van der Waals surface area contributed by atoms with E-state index in [2.05, 4.69) is 69.3 Å². The van der Waals surface area contributed by atoms with E-state index in [4.69, 9.17) is 0 Å². The van der Waals surface area contributed by atoms with E-state index in [0.29, 0.717) is 11.8 Å². The van der Waals surface area contributed by atoms with Gasteiger partial charge in [-0.3, -0.25) is 9.80 Å². The first-order valence-electron chi connectivity index (χ1n) is 11.2. The number of piperidine rings is 1. The third-order valence-electron chi connectivity index (χ3n) is 6.83. The number of nitrogens with zero attached hydrogens (tertiary/aromatic N) is 3. The Bertz CT molecular complexity index is 982. The molecular weight excluding hydrogens is 370 g/mol. The molecular formula is C26H31N3O. The van der Waals surface area contributed by atoms with Gasteiger partial charge in [-0.1, -0.05) is 48.5 Å². The predicted octanol–water partition coefficient (Wildman–Crippen LogP) is 4.33. The molecule has 156 valence electrons. The van der Waals surface area contributed by atoms with Crippen LogP contribution < -0.4 is 4.90 Å². The highest BCUT2D eigenvalue weighted by Crippen LogP contribution is 2.30. The Hall–Kier alpha value is -2.56. The molecule has 0 saturated carbocycles. The Labute approximate surface area is 179 Å². The smallest absolute Gasteiger partial charge is 0.120 e. The lowest BCUT2D eigenvalue weighted by molar-refractivity contribution is 0.0886. The van der Waals surface area contributed by atoms with Crippen LogP contribution >= 0.6 is 0 Å². The van der Waals surface area contributed by atoms with E-state index in [0.717, 1.165) is 51.4 Å². The fourth-order valence-corrected chi connectivity index (χ4v) is 5.17. The molecule has 0 aliphatic carbocycles. The van der Waals surface area contributed by atoms with Crippen molar-refractivity contribution < 1.29 is 5.11 Å². The van der Waals surface area contributed by atoms with Gasteiger partial charge < -0.3 is 10.0 Å². The largest absolute Gasteiger partial charge is 0.508 e. The summed E-state index contributed by atoms with van der Waals surface area (Å²) in [5.74, 6) is 0.423. The first kappa shape index (κ1) is 19.4. The van der Waals surface area contributed by atoms with E-state index < -0.39 is 0 Å². The molecule has 2 fully saturated rings. The van der Waals surface area contributed by atoms with Gasteiger partial charge in [-0.25, -0.2) is 0 Å². The molecule has 1 N–H and O–H groups in total. The summed E-state index contributed by atoms with van der Waals surface area (Å²) in [4.78, 5) is 7.74. The van der Waals surface area contributed by atoms with Crippen molar-refractivity contribution in [2.75, 3.05) is 44.2 Å². The van der Waals surface area contributed by atoms with E-state index in [1.807, 2.05) is 12.1 Å². The number of anilines is 1. The zero-order valence-electron chi connectivity index (χ0n) is 17.6. The van der Waals surface area contributed by atoms with Crippen LogP contribution in [0.5, 0.6) is 5.75 Å². The van der Waals surface area contributed by atoms with Crippen LogP contribution in [0.2, 0.25) is 0 Å². The Morgan fingerprint density at radius 2 is 1.57 bits per heavy atom. The summed E-state index contributed by atoms with van der Waals surface area (Å²) in [5.41, 5.74) is 2.41. The number of hydrogen-bond acceptors (Lipinski definition) is 4. The van der Waals surface area contributed by atoms with Crippen molar-refractivity contribution in [3.63, 3.8) is 0 Å². The fourth-order valence-electron chi connectivity index (χ4n) is 5.17. The molecule has 2 heterocycles. The zero-order chi connectivity index (χ0) is 20.3. The SMILES string of the molecule is Oc1ccc2ccccc2c1CN1CCCC(N2CCN(c3ccccc3)CC2)C1. The number of phenols is 1. The predicted molar refractivity (Wildman–Crippen MR) is 124 cm³/mol. The van der Waals surface area contributed by atoms with Crippen LogP contribution in [0, 0.1) is 0 Å². The summed E-state index contributed by atoms with van der Waals surface area (Å²) in [6, 6.07) is 23.7. The van der Waals surface area contributed by atoms with Crippen molar-refractivity contribution in [3.05, 3.63) is 72.3 Å². The second-order valence-corrected chi connectivity index (χ2v) is 8.67. The third kappa shape index (κ3) is 4.03. The summed E-state index contributed by atoms with van der Waals surface area (Å²) in [6.45, 7) is 7.50. The molecule has 2 saturated heterocycles. The minimum atomic E-state index is 0.423. The normalized spacial score (nSPS) is 21.2. The Morgan fingerprint density at radius 3 is 2.40 bits per heavy atom. The molecule has 4 heteroatoms. The molecule has 0 spiro atoms. The summed E-state index contributed by atoms with van der Waals surface area (Å²) in [5, 5.41) is 12.9. The number of phenolic OH excluding ortho intramolecular Hbond substituents is 1. The van der Waals surface area contributed by atoms with Gasteiger partial charge in [0.2, 0.25) is 0 Å². The number of likely N-dealkylation sites (tertiary alicyclic amines) is 1. The van der Waals surface area contributed by atoms with Crippen LogP contribution in [0.4, 0.5) is 5.69 Å². The average molecular weight is 402 g/mol. The molecule has 2 aliphatic rings. The van der Waals surface area contributed by atoms with Crippen LogP contribution in [0.3, 0.4) is 0 Å². The topological polar surface area (TPSA) is 30.0 Å². The Kier molecular flexibility index (Phi) is 5.60. The van der Waals surface area contributed by atoms with E-state index in [1.165, 1.54) is 29.3 Å². The molecule has 5 rings (SSSR count). The van der Waals surface area contributed by atoms with Gasteiger partial charge in [-0.15, -0.1) is 0 Å². The lowest BCUT2D eigenvalue weighted by atomic mass is 9.99. The molecule has 2 aliphatic heterocycles. The first-order chi connectivity index (χ1) is 14.8. The Balaban J connectivity index is 1.24. The van der Waals surface area contributed by atoms with Crippen molar-refractivity contribution >= 4 is 16.5 Å². The minimum Gasteiger partial charge on any atom is -0.508 e. The van der Waals surface area contributed by atoms with Crippen molar-refractivity contribution in [2.45, 2.75) is 25.4 Å². The standard InChI is InChI=1S/C26H31N3O/c30-26-13-12-21-7-4-5-11-24(21)25(26)20-27-14-6-10-23(19-27)29-17-15-28(16-18-29)22-8-2-1-3-9-22/h1-5,7-9,11-13,23,30H,6,10,14-20H2. The number of hydrogen-bond donors (Lipinski definition) is 1. The number of rotatable bonds is 4. The van der Waals surface area contributed by atoms with E-state index in [-0.39, 0.29) is 0 Å². The number of aromatic hydroxyl groups is 1. The molecule has 1 unspecified atom stereocenters. The van der Waals surface area contributed by atoms with Gasteiger partial charge in [0.1, 0.15) is 5.75 Å². The van der Waals surface area contributed by atoms with Crippen LogP contribution in [0.25, 0.3) is 10.8 Å². The van der Waals surface area contributed by atoms with E-state index in [9.17, 15) is 5.11 Å². The monoisotopic (exact) mass is 401 g/mol. The van der Waals surface area contributed by atoms with Gasteiger partial charge in [0.05, 0.1) is 0 Å². The Morgan fingerprint density at radius 1 is 0.800 bits per heavy atom. The summed E-state index contributed by atoms with van der Waals surface area (Å²) < 4.78 is 0. The zero-order valence-corrected chi connectivity index (χ0v) is 17.6. The molecule has 30 heavy (non-hydrogen) atoms. The van der Waals surface area contributed by atoms with Crippen molar-refractivity contribution in [1.29, 1.82) is 0 Å². The molecule has 0 bridgehead atoms. The number of fused-ring (bicyclic) bond motifs is 1. The second kappa shape index (κ2) is 8.66. The minimum absolute atomic E-state index is 0.423. The molecule has 3 aromatic carbocycles. The van der Waals surface area contributed by atoms with Gasteiger partial charge in [-0.05, 0) is 48.4 Å². The van der Waals surface area contributed by atoms with Gasteiger partial charge >= 0.3 is 0 Å². The van der Waals surface area contributed by atoms with Crippen molar-refractivity contribution in [3.8, 4) is 5.75 Å². The molecule has 1 atom stereocenters. The fraction of sp³-hybridized carbons (Fsp3) is 0.385. The van der Waals surface area contributed by atoms with Crippen molar-refractivity contribution in [1.82, 2.24) is 9.80 Å². The van der Waals surface area contributed by atoms with Crippen LogP contribution in [0.1, 0.15) is 18.4 Å². The summed E-state index contributed by atoms with van der Waals surface area (Å²) in [6.07, 6.45) is 2.51. The summed E-state index contributed by atoms with van der Waals surface area (Å²) in [7, 11) is 0. The highest BCUT2D eigenvalue weighted by Gasteiger charge is 2.28. The second-order valence-electron chi connectivity index (χ2n) is 8.67. The molecule has 3 aromatic rings. The summed E-state index contributed by atoms with van der Waals surface area (Å²) >= 11 is 0. The van der Waals surface area contributed by atoms with Gasteiger partial charge in [0.25, 0.3) is 0 Å². The highest BCUT2D eigenvalue weighted by atomic mass is 16.3. The maximum atomic E-state index is 10.5. The van der Waals surface area contributed by atoms with Crippen LogP contribution in [-0.4, -0.2) is 60.2 Å². The maximum absolute atomic E-state index is 10.5. The lowest BCUT2D eigenvalue weighted by Gasteiger charge is -2.44. The molecule has 0 aromatic heterocycles. The number of piperazine rings is 1. The van der Waals surface area contributed by atoms with Crippen LogP contribution in [-0.2, 0) is 6.54 Å². The highest BCUT2D eigenvalue weighted by molar-refractivity contribution is 5.87. The lowest BCUT2D eigenvalue weighted by Crippen LogP contribution is -2.55. The third-order valence-corrected chi connectivity index (χ3v) is 6.83. The van der Waals surface area contributed by atoms with Crippen molar-refractivity contribution in [2.24, 2.45) is 0 Å². The number of para-hydroxylation sites is 1. The average Bonchev–Trinajstić information content (AvgIpc) is 2.82. The molecule has 4 nitrogen and oxygen atoms in total. The maximum Gasteiger partial charge on any atom is 0.120 e.